The highest BCUT2D eigenvalue weighted by Gasteiger charge is 2.35. The van der Waals surface area contributed by atoms with Crippen LogP contribution in [0.4, 0.5) is 5.69 Å². The molecule has 4 rings (SSSR count). The number of methoxy groups -OCH3 is 2. The maximum Gasteiger partial charge on any atom is 0.234 e. The summed E-state index contributed by atoms with van der Waals surface area (Å²) < 4.78 is 10.7. The predicted molar refractivity (Wildman–Crippen MR) is 148 cm³/mol. The minimum atomic E-state index is -0.525. The van der Waals surface area contributed by atoms with E-state index >= 15 is 0 Å². The van der Waals surface area contributed by atoms with E-state index in [0.29, 0.717) is 36.2 Å². The minimum absolute atomic E-state index is 0.114. The molecule has 192 valence electrons. The van der Waals surface area contributed by atoms with Crippen LogP contribution in [-0.4, -0.2) is 54.4 Å². The maximum absolute atomic E-state index is 13.3. The molecule has 8 heteroatoms. The zero-order valence-corrected chi connectivity index (χ0v) is 21.9. The first-order valence-corrected chi connectivity index (χ1v) is 13.1. The van der Waals surface area contributed by atoms with Gasteiger partial charge in [0.2, 0.25) is 11.8 Å². The molecule has 0 bridgehead atoms. The normalized spacial score (nSPS) is 16.5. The first-order valence-electron chi connectivity index (χ1n) is 12.2. The molecular weight excluding hydrogens is 486 g/mol. The van der Waals surface area contributed by atoms with E-state index in [1.807, 2.05) is 78.9 Å². The van der Waals surface area contributed by atoms with Gasteiger partial charge >= 0.3 is 0 Å². The molecule has 1 aliphatic heterocycles. The number of rotatable bonds is 10. The van der Waals surface area contributed by atoms with Crippen molar-refractivity contribution in [2.24, 2.45) is 4.99 Å². The first-order chi connectivity index (χ1) is 18.1. The maximum atomic E-state index is 13.3. The second-order valence-corrected chi connectivity index (χ2v) is 9.72. The Morgan fingerprint density at radius 3 is 2.35 bits per heavy atom. The second kappa shape index (κ2) is 13.0. The number of thioether (sulfide) groups is 1. The smallest absolute Gasteiger partial charge is 0.234 e. The molecule has 1 saturated heterocycles. The molecule has 0 radical (unpaired) electrons. The summed E-state index contributed by atoms with van der Waals surface area (Å²) >= 11 is 1.34. The number of nitrogens with zero attached hydrogens (tertiary/aromatic N) is 2. The van der Waals surface area contributed by atoms with Crippen molar-refractivity contribution in [3.63, 3.8) is 0 Å². The lowest BCUT2D eigenvalue weighted by atomic mass is 10.1. The number of para-hydroxylation sites is 1. The fourth-order valence-electron chi connectivity index (χ4n) is 4.04. The number of carbonyl (C=O) groups is 2. The van der Waals surface area contributed by atoms with Gasteiger partial charge in [-0.3, -0.25) is 14.5 Å². The summed E-state index contributed by atoms with van der Waals surface area (Å²) in [5, 5.41) is 3.00. The van der Waals surface area contributed by atoms with Gasteiger partial charge in [-0.25, -0.2) is 4.99 Å². The number of amidine groups is 1. The molecule has 1 heterocycles. The van der Waals surface area contributed by atoms with Crippen LogP contribution in [0.3, 0.4) is 0 Å². The van der Waals surface area contributed by atoms with Gasteiger partial charge in [0.15, 0.2) is 16.7 Å². The van der Waals surface area contributed by atoms with Crippen molar-refractivity contribution in [3.05, 3.63) is 90.0 Å². The largest absolute Gasteiger partial charge is 0.493 e. The van der Waals surface area contributed by atoms with Crippen LogP contribution in [0.1, 0.15) is 17.5 Å². The standard InChI is InChI=1S/C29H31N3O4S/c1-35-24-14-13-22(19-25(24)36-2)16-18-32-27(33)20-26(37-29(32)31-23-11-7-4-8-12-23)28(34)30-17-15-21-9-5-3-6-10-21/h3-14,19,26H,15-18,20H2,1-2H3,(H,30,34). The summed E-state index contributed by atoms with van der Waals surface area (Å²) in [4.78, 5) is 32.6. The zero-order valence-electron chi connectivity index (χ0n) is 21.1. The summed E-state index contributed by atoms with van der Waals surface area (Å²) in [5.74, 6) is 1.04. The molecule has 0 saturated carbocycles. The number of carbonyl (C=O) groups excluding carboxylic acids is 2. The topological polar surface area (TPSA) is 80.2 Å². The van der Waals surface area contributed by atoms with Crippen molar-refractivity contribution < 1.29 is 19.1 Å². The average molecular weight is 518 g/mol. The second-order valence-electron chi connectivity index (χ2n) is 8.55. The predicted octanol–water partition coefficient (Wildman–Crippen LogP) is 4.63. The summed E-state index contributed by atoms with van der Waals surface area (Å²) in [5.41, 5.74) is 2.90. The van der Waals surface area contributed by atoms with E-state index in [2.05, 4.69) is 5.32 Å². The molecule has 1 unspecified atom stereocenters. The average Bonchev–Trinajstić information content (AvgIpc) is 2.93. The van der Waals surface area contributed by atoms with Gasteiger partial charge in [0, 0.05) is 19.5 Å². The number of hydrogen-bond donors (Lipinski definition) is 1. The van der Waals surface area contributed by atoms with Gasteiger partial charge in [0.25, 0.3) is 0 Å². The highest BCUT2D eigenvalue weighted by atomic mass is 32.2. The number of hydrogen-bond acceptors (Lipinski definition) is 6. The lowest BCUT2D eigenvalue weighted by Crippen LogP contribution is -2.47. The van der Waals surface area contributed by atoms with Gasteiger partial charge in [0.1, 0.15) is 0 Å². The van der Waals surface area contributed by atoms with Gasteiger partial charge in [-0.05, 0) is 48.2 Å². The number of benzene rings is 3. The Labute approximate surface area is 221 Å². The highest BCUT2D eigenvalue weighted by molar-refractivity contribution is 8.15. The van der Waals surface area contributed by atoms with Crippen LogP contribution in [0.5, 0.6) is 11.5 Å². The molecule has 0 aliphatic carbocycles. The molecule has 1 N–H and O–H groups in total. The molecule has 3 aromatic carbocycles. The molecule has 0 aromatic heterocycles. The Bertz CT molecular complexity index is 1230. The third-order valence-electron chi connectivity index (χ3n) is 6.04. The van der Waals surface area contributed by atoms with Crippen LogP contribution < -0.4 is 14.8 Å². The third-order valence-corrected chi connectivity index (χ3v) is 7.23. The summed E-state index contributed by atoms with van der Waals surface area (Å²) in [6.07, 6.45) is 1.47. The number of nitrogens with one attached hydrogen (secondary N) is 1. The van der Waals surface area contributed by atoms with Crippen LogP contribution in [0, 0.1) is 0 Å². The molecule has 1 atom stereocenters. The molecule has 1 fully saturated rings. The SMILES string of the molecule is COc1ccc(CCN2C(=O)CC(C(=O)NCCc3ccccc3)SC2=Nc2ccccc2)cc1OC. The van der Waals surface area contributed by atoms with Gasteiger partial charge < -0.3 is 14.8 Å². The Morgan fingerprint density at radius 1 is 0.946 bits per heavy atom. The zero-order chi connectivity index (χ0) is 26.0. The lowest BCUT2D eigenvalue weighted by Gasteiger charge is -2.32. The van der Waals surface area contributed by atoms with Crippen molar-refractivity contribution in [3.8, 4) is 11.5 Å². The van der Waals surface area contributed by atoms with Crippen molar-refractivity contribution >= 4 is 34.4 Å². The quantitative estimate of drug-likeness (QED) is 0.424. The molecule has 37 heavy (non-hydrogen) atoms. The van der Waals surface area contributed by atoms with Crippen molar-refractivity contribution in [2.75, 3.05) is 27.3 Å². The van der Waals surface area contributed by atoms with Gasteiger partial charge in [-0.1, -0.05) is 66.4 Å². The fraction of sp³-hybridized carbons (Fsp3) is 0.276. The van der Waals surface area contributed by atoms with E-state index in [1.54, 1.807) is 19.1 Å². The van der Waals surface area contributed by atoms with Crippen molar-refractivity contribution in [2.45, 2.75) is 24.5 Å². The number of amides is 2. The van der Waals surface area contributed by atoms with Crippen molar-refractivity contribution in [1.29, 1.82) is 0 Å². The number of aliphatic imine (C=N–C) groups is 1. The summed E-state index contributed by atoms with van der Waals surface area (Å²) in [6, 6.07) is 25.2. The summed E-state index contributed by atoms with van der Waals surface area (Å²) in [6.45, 7) is 0.956. The summed E-state index contributed by atoms with van der Waals surface area (Å²) in [7, 11) is 3.20. The highest BCUT2D eigenvalue weighted by Crippen LogP contribution is 2.31. The molecule has 7 nitrogen and oxygen atoms in total. The van der Waals surface area contributed by atoms with Gasteiger partial charge in [-0.15, -0.1) is 0 Å². The van der Waals surface area contributed by atoms with E-state index in [0.717, 1.165) is 23.2 Å². The molecule has 0 spiro atoms. The van der Waals surface area contributed by atoms with Crippen LogP contribution in [0.25, 0.3) is 0 Å². The van der Waals surface area contributed by atoms with E-state index in [9.17, 15) is 9.59 Å². The minimum Gasteiger partial charge on any atom is -0.493 e. The fourth-order valence-corrected chi connectivity index (χ4v) is 5.19. The van der Waals surface area contributed by atoms with Crippen LogP contribution >= 0.6 is 11.8 Å². The van der Waals surface area contributed by atoms with Crippen LogP contribution in [0.2, 0.25) is 0 Å². The van der Waals surface area contributed by atoms with E-state index in [1.165, 1.54) is 11.8 Å². The molecular formula is C29H31N3O4S. The Kier molecular flexibility index (Phi) is 9.21. The van der Waals surface area contributed by atoms with Gasteiger partial charge in [0.05, 0.1) is 25.2 Å². The van der Waals surface area contributed by atoms with Crippen LogP contribution in [0.15, 0.2) is 83.9 Å². The number of ether oxygens (including phenoxy) is 2. The molecule has 2 amide bonds. The molecule has 3 aromatic rings. The van der Waals surface area contributed by atoms with Crippen molar-refractivity contribution in [1.82, 2.24) is 10.2 Å². The Balaban J connectivity index is 1.46. The monoisotopic (exact) mass is 517 g/mol. The van der Waals surface area contributed by atoms with E-state index < -0.39 is 5.25 Å². The Morgan fingerprint density at radius 2 is 1.65 bits per heavy atom. The first kappa shape index (κ1) is 26.3. The molecule has 1 aliphatic rings. The lowest BCUT2D eigenvalue weighted by molar-refractivity contribution is -0.130. The van der Waals surface area contributed by atoms with E-state index in [-0.39, 0.29) is 18.2 Å². The van der Waals surface area contributed by atoms with Gasteiger partial charge in [-0.2, -0.15) is 0 Å². The third kappa shape index (κ3) is 7.13. The Hall–Kier alpha value is -3.78. The van der Waals surface area contributed by atoms with E-state index in [4.69, 9.17) is 14.5 Å². The van der Waals surface area contributed by atoms with Crippen LogP contribution in [-0.2, 0) is 22.4 Å².